The summed E-state index contributed by atoms with van der Waals surface area (Å²) in [5.74, 6) is 0.447. The Bertz CT molecular complexity index is 1050. The lowest BCUT2D eigenvalue weighted by Crippen LogP contribution is -2.12. The van der Waals surface area contributed by atoms with E-state index in [9.17, 15) is 9.50 Å². The van der Waals surface area contributed by atoms with Crippen molar-refractivity contribution >= 4 is 11.2 Å². The van der Waals surface area contributed by atoms with Crippen LogP contribution in [0, 0.1) is 6.92 Å². The molecule has 0 radical (unpaired) electrons. The van der Waals surface area contributed by atoms with Crippen LogP contribution in [0.1, 0.15) is 25.8 Å². The third kappa shape index (κ3) is 3.12. The van der Waals surface area contributed by atoms with E-state index in [1.807, 2.05) is 13.8 Å². The first-order valence-electron chi connectivity index (χ1n) is 8.62. The fourth-order valence-corrected chi connectivity index (χ4v) is 3.08. The summed E-state index contributed by atoms with van der Waals surface area (Å²) in [6.45, 7) is 5.46. The Morgan fingerprint density at radius 1 is 1.37 bits per heavy atom. The van der Waals surface area contributed by atoms with E-state index in [0.717, 1.165) is 11.3 Å². The normalized spacial score (nSPS) is 17.4. The van der Waals surface area contributed by atoms with Gasteiger partial charge in [0.25, 0.3) is 0 Å². The molecule has 4 rings (SSSR count). The Morgan fingerprint density at radius 2 is 2.19 bits per heavy atom. The van der Waals surface area contributed by atoms with Gasteiger partial charge in [0.1, 0.15) is 24.2 Å². The van der Waals surface area contributed by atoms with E-state index in [2.05, 4.69) is 15.1 Å². The van der Waals surface area contributed by atoms with Crippen molar-refractivity contribution in [2.45, 2.75) is 33.3 Å². The number of rotatable bonds is 5. The number of aliphatic imine (C=N–C) groups is 1. The van der Waals surface area contributed by atoms with Crippen LogP contribution < -0.4 is 9.47 Å². The monoisotopic (exact) mass is 370 g/mol. The van der Waals surface area contributed by atoms with Gasteiger partial charge in [-0.3, -0.25) is 4.99 Å². The van der Waals surface area contributed by atoms with E-state index in [-0.39, 0.29) is 18.2 Å². The number of fused-ring (bicyclic) bond motifs is 2. The van der Waals surface area contributed by atoms with E-state index in [1.54, 1.807) is 29.8 Å². The van der Waals surface area contributed by atoms with E-state index >= 15 is 0 Å². The van der Waals surface area contributed by atoms with Crippen molar-refractivity contribution < 1.29 is 19.0 Å². The van der Waals surface area contributed by atoms with Gasteiger partial charge in [0.2, 0.25) is 5.88 Å². The summed E-state index contributed by atoms with van der Waals surface area (Å²) in [6, 6.07) is 0. The zero-order chi connectivity index (χ0) is 19.1. The van der Waals surface area contributed by atoms with Crippen molar-refractivity contribution in [3.05, 3.63) is 53.1 Å². The van der Waals surface area contributed by atoms with Crippen LogP contribution >= 0.6 is 0 Å². The van der Waals surface area contributed by atoms with Crippen LogP contribution in [0.2, 0.25) is 0 Å². The molecule has 1 atom stereocenters. The molecule has 0 saturated heterocycles. The molecule has 140 valence electrons. The van der Waals surface area contributed by atoms with Crippen LogP contribution in [-0.2, 0) is 0 Å². The SMILES string of the molecule is CC1=CC2=C(F)C(Oc3ncnn4cc(OCC(C)O)c(C)c34)=CCC2=N1. The van der Waals surface area contributed by atoms with Crippen LogP contribution in [0.25, 0.3) is 5.52 Å². The molecule has 1 aliphatic heterocycles. The number of hydrogen-bond donors (Lipinski definition) is 1. The highest BCUT2D eigenvalue weighted by atomic mass is 19.1. The van der Waals surface area contributed by atoms with Gasteiger partial charge in [-0.15, -0.1) is 0 Å². The number of allylic oxidation sites excluding steroid dienone is 5. The molecule has 2 aromatic heterocycles. The van der Waals surface area contributed by atoms with E-state index in [1.165, 1.54) is 6.33 Å². The summed E-state index contributed by atoms with van der Waals surface area (Å²) >= 11 is 0. The zero-order valence-electron chi connectivity index (χ0n) is 15.2. The summed E-state index contributed by atoms with van der Waals surface area (Å²) in [4.78, 5) is 8.49. The molecule has 1 unspecified atom stereocenters. The van der Waals surface area contributed by atoms with Gasteiger partial charge in [-0.25, -0.2) is 8.91 Å². The lowest BCUT2D eigenvalue weighted by atomic mass is 10.0. The van der Waals surface area contributed by atoms with Crippen LogP contribution in [0.3, 0.4) is 0 Å². The first-order valence-corrected chi connectivity index (χ1v) is 8.62. The molecule has 0 fully saturated rings. The molecular weight excluding hydrogens is 351 g/mol. The Morgan fingerprint density at radius 3 is 2.96 bits per heavy atom. The van der Waals surface area contributed by atoms with E-state index in [0.29, 0.717) is 29.0 Å². The second-order valence-corrected chi connectivity index (χ2v) is 6.58. The minimum atomic E-state index is -0.596. The zero-order valence-corrected chi connectivity index (χ0v) is 15.2. The molecule has 7 nitrogen and oxygen atoms in total. The summed E-state index contributed by atoms with van der Waals surface area (Å²) in [5, 5.41) is 13.6. The predicted octanol–water partition coefficient (Wildman–Crippen LogP) is 3.05. The minimum absolute atomic E-state index is 0.113. The van der Waals surface area contributed by atoms with Crippen LogP contribution in [-0.4, -0.2) is 38.1 Å². The quantitative estimate of drug-likeness (QED) is 0.875. The summed E-state index contributed by atoms with van der Waals surface area (Å²) in [5.41, 5.74) is 3.27. The number of aliphatic hydroxyl groups is 1. The topological polar surface area (TPSA) is 81.2 Å². The number of hydrogen-bond acceptors (Lipinski definition) is 6. The second kappa shape index (κ2) is 6.62. The molecule has 0 aromatic carbocycles. The van der Waals surface area contributed by atoms with Gasteiger partial charge in [-0.2, -0.15) is 10.1 Å². The number of aromatic nitrogens is 3. The number of aryl methyl sites for hydroxylation is 1. The van der Waals surface area contributed by atoms with Gasteiger partial charge in [-0.05, 0) is 32.9 Å². The molecule has 0 amide bonds. The van der Waals surface area contributed by atoms with Gasteiger partial charge in [0.05, 0.1) is 18.0 Å². The molecule has 0 spiro atoms. The van der Waals surface area contributed by atoms with Crippen molar-refractivity contribution in [2.24, 2.45) is 4.99 Å². The Kier molecular flexibility index (Phi) is 4.27. The lowest BCUT2D eigenvalue weighted by Gasteiger charge is -2.15. The number of ether oxygens (including phenoxy) is 2. The van der Waals surface area contributed by atoms with Crippen molar-refractivity contribution in [1.29, 1.82) is 0 Å². The average molecular weight is 370 g/mol. The molecule has 1 aliphatic carbocycles. The van der Waals surface area contributed by atoms with Crippen LogP contribution in [0.5, 0.6) is 11.6 Å². The van der Waals surface area contributed by atoms with Gasteiger partial charge in [0, 0.05) is 23.3 Å². The molecule has 0 saturated carbocycles. The van der Waals surface area contributed by atoms with E-state index in [4.69, 9.17) is 9.47 Å². The smallest absolute Gasteiger partial charge is 0.247 e. The molecule has 8 heteroatoms. The van der Waals surface area contributed by atoms with Gasteiger partial charge >= 0.3 is 0 Å². The number of halogens is 1. The molecule has 3 heterocycles. The second-order valence-electron chi connectivity index (χ2n) is 6.58. The minimum Gasteiger partial charge on any atom is -0.489 e. The van der Waals surface area contributed by atoms with Gasteiger partial charge in [0.15, 0.2) is 11.6 Å². The molecule has 0 bridgehead atoms. The Labute approximate surface area is 155 Å². The molecule has 2 aliphatic rings. The highest BCUT2D eigenvalue weighted by Crippen LogP contribution is 2.35. The average Bonchev–Trinajstić information content (AvgIpc) is 3.16. The van der Waals surface area contributed by atoms with Crippen LogP contribution in [0.4, 0.5) is 4.39 Å². The molecule has 27 heavy (non-hydrogen) atoms. The Hall–Kier alpha value is -3.00. The number of aliphatic hydroxyl groups excluding tert-OH is 1. The largest absolute Gasteiger partial charge is 0.489 e. The van der Waals surface area contributed by atoms with Crippen molar-refractivity contribution in [2.75, 3.05) is 6.61 Å². The fraction of sp³-hybridized carbons (Fsp3) is 0.316. The van der Waals surface area contributed by atoms with Crippen molar-refractivity contribution in [1.82, 2.24) is 14.6 Å². The maximum atomic E-state index is 14.8. The lowest BCUT2D eigenvalue weighted by molar-refractivity contribution is 0.122. The third-order valence-corrected chi connectivity index (χ3v) is 4.34. The van der Waals surface area contributed by atoms with E-state index < -0.39 is 11.9 Å². The Balaban J connectivity index is 1.68. The summed E-state index contributed by atoms with van der Waals surface area (Å²) in [7, 11) is 0. The molecule has 1 N–H and O–H groups in total. The van der Waals surface area contributed by atoms with Gasteiger partial charge in [-0.1, -0.05) is 0 Å². The van der Waals surface area contributed by atoms with Crippen molar-refractivity contribution in [3.63, 3.8) is 0 Å². The highest BCUT2D eigenvalue weighted by Gasteiger charge is 2.26. The van der Waals surface area contributed by atoms with Crippen LogP contribution in [0.15, 0.2) is 52.5 Å². The standard InChI is InChI=1S/C19H19FN4O3/c1-10-6-13-14(23-10)4-5-15(17(13)20)27-19-18-12(3)16(26-8-11(2)25)7-24(18)22-9-21-19/h5-7,9,11,25H,4,8H2,1-3H3. The highest BCUT2D eigenvalue weighted by molar-refractivity contribution is 6.08. The summed E-state index contributed by atoms with van der Waals surface area (Å²) in [6.07, 6.45) is 6.28. The molecule has 2 aromatic rings. The number of nitrogens with zero attached hydrogens (tertiary/aromatic N) is 4. The van der Waals surface area contributed by atoms with Crippen molar-refractivity contribution in [3.8, 4) is 11.6 Å². The fourth-order valence-electron chi connectivity index (χ4n) is 3.08. The summed E-state index contributed by atoms with van der Waals surface area (Å²) < 4.78 is 27.8. The maximum absolute atomic E-state index is 14.8. The first-order chi connectivity index (χ1) is 12.9. The first kappa shape index (κ1) is 17.4. The maximum Gasteiger partial charge on any atom is 0.247 e. The molecular formula is C19H19FN4O3. The predicted molar refractivity (Wildman–Crippen MR) is 97.6 cm³/mol. The third-order valence-electron chi connectivity index (χ3n) is 4.34. The van der Waals surface area contributed by atoms with Gasteiger partial charge < -0.3 is 14.6 Å².